The van der Waals surface area contributed by atoms with Gasteiger partial charge in [-0.2, -0.15) is 9.61 Å². The molecule has 190 valence electrons. The molecule has 0 aliphatic carbocycles. The van der Waals surface area contributed by atoms with Crippen molar-refractivity contribution in [2.75, 3.05) is 24.7 Å². The Labute approximate surface area is 205 Å². The topological polar surface area (TPSA) is 139 Å². The van der Waals surface area contributed by atoms with Gasteiger partial charge in [0.05, 0.1) is 30.3 Å². The maximum Gasteiger partial charge on any atom is 0.280 e. The fraction of sp³-hybridized carbons (Fsp3) is 0.409. The van der Waals surface area contributed by atoms with Crippen LogP contribution in [0.4, 0.5) is 10.2 Å². The highest BCUT2D eigenvalue weighted by Crippen LogP contribution is 2.28. The highest BCUT2D eigenvalue weighted by atomic mass is 32.2. The van der Waals surface area contributed by atoms with Gasteiger partial charge in [0, 0.05) is 25.2 Å². The summed E-state index contributed by atoms with van der Waals surface area (Å²) in [6.45, 7) is 1.97. The second-order valence-electron chi connectivity index (χ2n) is 8.88. The van der Waals surface area contributed by atoms with E-state index in [9.17, 15) is 27.2 Å². The molecule has 36 heavy (non-hydrogen) atoms. The quantitative estimate of drug-likeness (QED) is 0.494. The number of fused-ring (bicyclic) bond motifs is 2. The fourth-order valence-corrected chi connectivity index (χ4v) is 5.58. The summed E-state index contributed by atoms with van der Waals surface area (Å²) in [5, 5.41) is 6.91. The number of sulfonamides is 1. The average Bonchev–Trinajstić information content (AvgIpc) is 3.55. The molecule has 5 heterocycles. The molecule has 3 aromatic rings. The first-order chi connectivity index (χ1) is 17.1. The van der Waals surface area contributed by atoms with Crippen molar-refractivity contribution in [3.05, 3.63) is 57.5 Å². The van der Waals surface area contributed by atoms with Crippen molar-refractivity contribution in [1.29, 1.82) is 0 Å². The second-order valence-corrected chi connectivity index (χ2v) is 10.9. The summed E-state index contributed by atoms with van der Waals surface area (Å²) < 4.78 is 41.0. The summed E-state index contributed by atoms with van der Waals surface area (Å²) >= 11 is 0. The largest absolute Gasteiger partial charge is 0.328 e. The molecule has 3 aromatic heterocycles. The number of rotatable bonds is 6. The molecule has 0 bridgehead atoms. The number of anilines is 1. The van der Waals surface area contributed by atoms with Gasteiger partial charge in [0.25, 0.3) is 11.5 Å². The van der Waals surface area contributed by atoms with Crippen LogP contribution in [0.2, 0.25) is 0 Å². The number of nitrogens with zero attached hydrogens (tertiary/aromatic N) is 6. The van der Waals surface area contributed by atoms with Gasteiger partial charge in [-0.15, -0.1) is 0 Å². The molecule has 1 N–H and O–H groups in total. The number of hydrogen-bond donors (Lipinski definition) is 1. The van der Waals surface area contributed by atoms with Gasteiger partial charge in [-0.3, -0.25) is 14.4 Å². The van der Waals surface area contributed by atoms with Crippen molar-refractivity contribution in [3.8, 4) is 0 Å². The zero-order chi connectivity index (χ0) is 25.8. The third-order valence-corrected chi connectivity index (χ3v) is 7.78. The molecule has 0 saturated carbocycles. The third-order valence-electron chi connectivity index (χ3n) is 6.51. The zero-order valence-electron chi connectivity index (χ0n) is 19.6. The van der Waals surface area contributed by atoms with Crippen molar-refractivity contribution >= 4 is 33.3 Å². The minimum absolute atomic E-state index is 0.00629. The lowest BCUT2D eigenvalue weighted by atomic mass is 10.2. The van der Waals surface area contributed by atoms with E-state index in [2.05, 4.69) is 15.4 Å². The van der Waals surface area contributed by atoms with E-state index in [0.29, 0.717) is 18.5 Å². The number of pyridine rings is 1. The molecule has 2 aliphatic heterocycles. The number of aromatic nitrogens is 4. The molecule has 2 amide bonds. The standard InChI is InChI=1S/C22H24FN7O5S/c1-3-14-8-19-29(12-18(31)25-17-5-4-13(23)9-24-17)20-16(21(32)30(19)26-14)11-28(22(20)33)15-6-7-27(10-15)36(2,34)35/h4-5,8-9,15H,3,6-7,10-12H2,1-2H3,(H,24,25,31). The van der Waals surface area contributed by atoms with Crippen LogP contribution in [0.3, 0.4) is 0 Å². The summed E-state index contributed by atoms with van der Waals surface area (Å²) in [5.41, 5.74) is 0.732. The molecule has 12 nitrogen and oxygen atoms in total. The lowest BCUT2D eigenvalue weighted by Crippen LogP contribution is -2.39. The van der Waals surface area contributed by atoms with Crippen LogP contribution in [0.25, 0.3) is 5.65 Å². The Balaban J connectivity index is 1.52. The Bertz CT molecular complexity index is 1550. The van der Waals surface area contributed by atoms with Gasteiger partial charge in [-0.1, -0.05) is 6.92 Å². The smallest absolute Gasteiger partial charge is 0.280 e. The van der Waals surface area contributed by atoms with E-state index in [1.807, 2.05) is 6.92 Å². The summed E-state index contributed by atoms with van der Waals surface area (Å²) in [5.74, 6) is -1.39. The molecular weight excluding hydrogens is 493 g/mol. The number of halogens is 1. The van der Waals surface area contributed by atoms with Gasteiger partial charge in [0.1, 0.15) is 29.5 Å². The van der Waals surface area contributed by atoms with Crippen LogP contribution in [-0.2, 0) is 34.3 Å². The maximum absolute atomic E-state index is 13.6. The lowest BCUT2D eigenvalue weighted by molar-refractivity contribution is -0.116. The van der Waals surface area contributed by atoms with Gasteiger partial charge in [0.15, 0.2) is 0 Å². The number of carbonyl (C=O) groups is 2. The van der Waals surface area contributed by atoms with E-state index in [0.717, 1.165) is 18.5 Å². The molecule has 14 heteroatoms. The summed E-state index contributed by atoms with van der Waals surface area (Å²) in [6, 6.07) is 3.73. The van der Waals surface area contributed by atoms with E-state index in [1.54, 1.807) is 6.07 Å². The van der Waals surface area contributed by atoms with Gasteiger partial charge >= 0.3 is 0 Å². The van der Waals surface area contributed by atoms with E-state index < -0.39 is 39.3 Å². The van der Waals surface area contributed by atoms with Crippen LogP contribution >= 0.6 is 0 Å². The van der Waals surface area contributed by atoms with Crippen LogP contribution in [0.1, 0.15) is 35.1 Å². The van der Waals surface area contributed by atoms with E-state index in [1.165, 1.54) is 24.4 Å². The highest BCUT2D eigenvalue weighted by Gasteiger charge is 2.42. The Kier molecular flexibility index (Phi) is 5.87. The van der Waals surface area contributed by atoms with Gasteiger partial charge < -0.3 is 14.8 Å². The zero-order valence-corrected chi connectivity index (χ0v) is 20.5. The van der Waals surface area contributed by atoms with Crippen molar-refractivity contribution in [1.82, 2.24) is 28.4 Å². The van der Waals surface area contributed by atoms with Gasteiger partial charge in [0.2, 0.25) is 15.9 Å². The van der Waals surface area contributed by atoms with Crippen LogP contribution in [0.5, 0.6) is 0 Å². The Morgan fingerprint density at radius 1 is 1.28 bits per heavy atom. The van der Waals surface area contributed by atoms with Crippen molar-refractivity contribution in [2.45, 2.75) is 38.9 Å². The van der Waals surface area contributed by atoms with E-state index >= 15 is 0 Å². The minimum atomic E-state index is -3.41. The number of carbonyl (C=O) groups excluding carboxylic acids is 2. The van der Waals surface area contributed by atoms with Crippen LogP contribution in [-0.4, -0.2) is 74.0 Å². The van der Waals surface area contributed by atoms with Crippen molar-refractivity contribution < 1.29 is 22.4 Å². The molecule has 0 aromatic carbocycles. The summed E-state index contributed by atoms with van der Waals surface area (Å²) in [4.78, 5) is 45.1. The molecular formula is C22H24FN7O5S. The Morgan fingerprint density at radius 2 is 2.06 bits per heavy atom. The third kappa shape index (κ3) is 4.15. The molecule has 5 rings (SSSR count). The predicted molar refractivity (Wildman–Crippen MR) is 126 cm³/mol. The molecule has 2 aliphatic rings. The summed E-state index contributed by atoms with van der Waals surface area (Å²) in [6.07, 6.45) is 3.07. The van der Waals surface area contributed by atoms with E-state index in [4.69, 9.17) is 0 Å². The number of amides is 2. The van der Waals surface area contributed by atoms with Crippen molar-refractivity contribution in [3.63, 3.8) is 0 Å². The summed E-state index contributed by atoms with van der Waals surface area (Å²) in [7, 11) is -3.41. The predicted octanol–water partition coefficient (Wildman–Crippen LogP) is 0.221. The SMILES string of the molecule is CCc1cc2n(CC(=O)Nc3ccc(F)cn3)c3c(c(=O)n2n1)CN(C1CCN(S(C)(=O)=O)C1)C3=O. The number of aryl methyl sites for hydroxylation is 1. The monoisotopic (exact) mass is 517 g/mol. The lowest BCUT2D eigenvalue weighted by Gasteiger charge is -2.23. The maximum atomic E-state index is 13.6. The molecule has 1 fully saturated rings. The first-order valence-corrected chi connectivity index (χ1v) is 13.2. The number of hydrogen-bond acceptors (Lipinski definition) is 7. The van der Waals surface area contributed by atoms with Crippen molar-refractivity contribution in [2.24, 2.45) is 0 Å². The molecule has 1 unspecified atom stereocenters. The average molecular weight is 518 g/mol. The second kappa shape index (κ2) is 8.78. The highest BCUT2D eigenvalue weighted by molar-refractivity contribution is 7.88. The first-order valence-electron chi connectivity index (χ1n) is 11.4. The normalized spacial score (nSPS) is 18.2. The Hall–Kier alpha value is -3.65. The van der Waals surface area contributed by atoms with Crippen LogP contribution in [0.15, 0.2) is 29.2 Å². The van der Waals surface area contributed by atoms with Crippen LogP contribution < -0.4 is 10.9 Å². The van der Waals surface area contributed by atoms with Crippen LogP contribution in [0, 0.1) is 5.82 Å². The fourth-order valence-electron chi connectivity index (χ4n) is 4.70. The Morgan fingerprint density at radius 3 is 2.69 bits per heavy atom. The molecule has 0 radical (unpaired) electrons. The minimum Gasteiger partial charge on any atom is -0.328 e. The molecule has 0 spiro atoms. The van der Waals surface area contributed by atoms with Gasteiger partial charge in [-0.05, 0) is 25.0 Å². The number of nitrogens with one attached hydrogen (secondary N) is 1. The first kappa shape index (κ1) is 24.1. The molecule has 1 saturated heterocycles. The molecule has 1 atom stereocenters. The van der Waals surface area contributed by atoms with Gasteiger partial charge in [-0.25, -0.2) is 22.1 Å². The van der Waals surface area contributed by atoms with E-state index in [-0.39, 0.29) is 48.9 Å².